The van der Waals surface area contributed by atoms with Gasteiger partial charge in [-0.3, -0.25) is 24.5 Å². The minimum atomic E-state index is -4.55. The topological polar surface area (TPSA) is 181 Å². The number of sulfonamides is 1. The summed E-state index contributed by atoms with van der Waals surface area (Å²) in [6, 6.07) is 5.01. The SMILES string of the molecule is COCON(CCC[C@@]12[C@@H](C[C@@H](C)C[C@H]1OC(=O)C(C)(C)C)C[C@@H](OC(=O)C(C)(C)C)[C@@]21CCC(O)O1)S(=O)(=O)c1ccccc1[N+](=O)[O-]. The third kappa shape index (κ3) is 7.66. The van der Waals surface area contributed by atoms with E-state index in [1.54, 1.807) is 41.5 Å². The van der Waals surface area contributed by atoms with Crippen molar-refractivity contribution in [2.75, 3.05) is 20.4 Å². The second-order valence-electron chi connectivity index (χ2n) is 15.7. The molecule has 1 saturated heterocycles. The fourth-order valence-corrected chi connectivity index (χ4v) is 9.30. The van der Waals surface area contributed by atoms with Gasteiger partial charge in [-0.15, -0.1) is 0 Å². The van der Waals surface area contributed by atoms with Crippen molar-refractivity contribution in [1.82, 2.24) is 4.47 Å². The van der Waals surface area contributed by atoms with Gasteiger partial charge in [-0.1, -0.05) is 23.5 Å². The number of benzene rings is 1. The zero-order chi connectivity index (χ0) is 36.6. The van der Waals surface area contributed by atoms with Crippen molar-refractivity contribution >= 4 is 27.6 Å². The zero-order valence-electron chi connectivity index (χ0n) is 29.8. The van der Waals surface area contributed by atoms with E-state index in [1.165, 1.54) is 19.2 Å². The molecule has 49 heavy (non-hydrogen) atoms. The number of nitrogens with zero attached hydrogens (tertiary/aromatic N) is 2. The van der Waals surface area contributed by atoms with Crippen molar-refractivity contribution in [2.24, 2.45) is 28.1 Å². The maximum Gasteiger partial charge on any atom is 0.311 e. The van der Waals surface area contributed by atoms with Crippen molar-refractivity contribution in [2.45, 2.75) is 122 Å². The number of fused-ring (bicyclic) bond motifs is 2. The van der Waals surface area contributed by atoms with Crippen LogP contribution in [0.5, 0.6) is 0 Å². The highest BCUT2D eigenvalue weighted by Crippen LogP contribution is 2.67. The summed E-state index contributed by atoms with van der Waals surface area (Å²) in [4.78, 5) is 42.8. The standard InChI is InChI=1S/C34H52N2O12S/c1-22-18-23-20-27(47-30(39)32(5,6)7)34(16-14-28(37)48-34)33(23,26(19-22)46-29(38)31(2,3)4)15-11-17-35(45-21-44-8)49(42,43)25-13-10-9-12-24(25)36(40)41/h9-10,12-13,22-23,26-28,37H,11,14-21H2,1-8H3/t22-,23+,26-,27-,28?,33-,34+/m1/s1. The Kier molecular flexibility index (Phi) is 11.6. The van der Waals surface area contributed by atoms with E-state index in [1.807, 2.05) is 0 Å². The summed E-state index contributed by atoms with van der Waals surface area (Å²) in [6.45, 7) is 11.9. The predicted octanol–water partition coefficient (Wildman–Crippen LogP) is 5.12. The average molecular weight is 713 g/mol. The number of nitro groups is 1. The van der Waals surface area contributed by atoms with E-state index in [-0.39, 0.29) is 37.6 Å². The Morgan fingerprint density at radius 1 is 1.04 bits per heavy atom. The second-order valence-corrected chi connectivity index (χ2v) is 17.5. The molecule has 1 aliphatic heterocycles. The Morgan fingerprint density at radius 2 is 1.65 bits per heavy atom. The number of methoxy groups -OCH3 is 1. The van der Waals surface area contributed by atoms with Crippen LogP contribution in [0.2, 0.25) is 0 Å². The van der Waals surface area contributed by atoms with Crippen LogP contribution in [-0.4, -0.2) is 79.4 Å². The molecule has 0 bridgehead atoms. The quantitative estimate of drug-likeness (QED) is 0.131. The van der Waals surface area contributed by atoms with E-state index < -0.39 is 84.6 Å². The van der Waals surface area contributed by atoms with Gasteiger partial charge in [0.2, 0.25) is 0 Å². The average Bonchev–Trinajstić information content (AvgIpc) is 3.51. The van der Waals surface area contributed by atoms with Gasteiger partial charge >= 0.3 is 11.9 Å². The Hall–Kier alpha value is -2.69. The zero-order valence-corrected chi connectivity index (χ0v) is 30.6. The van der Waals surface area contributed by atoms with Gasteiger partial charge in [-0.05, 0) is 98.0 Å². The third-order valence-electron chi connectivity index (χ3n) is 10.1. The fraction of sp³-hybridized carbons (Fsp3) is 0.765. The molecule has 1 unspecified atom stereocenters. The van der Waals surface area contributed by atoms with Gasteiger partial charge in [0.25, 0.3) is 15.7 Å². The van der Waals surface area contributed by atoms with E-state index in [0.717, 1.165) is 12.1 Å². The summed E-state index contributed by atoms with van der Waals surface area (Å²) in [5.74, 6) is -0.895. The Balaban J connectivity index is 1.79. The van der Waals surface area contributed by atoms with Crippen LogP contribution in [0.1, 0.15) is 93.4 Å². The number of esters is 2. The highest BCUT2D eigenvalue weighted by Gasteiger charge is 2.73. The van der Waals surface area contributed by atoms with E-state index in [4.69, 9.17) is 23.8 Å². The van der Waals surface area contributed by atoms with Crippen molar-refractivity contribution in [3.63, 3.8) is 0 Å². The van der Waals surface area contributed by atoms with Crippen LogP contribution in [0.4, 0.5) is 5.69 Å². The number of carbonyl (C=O) groups is 2. The van der Waals surface area contributed by atoms with Gasteiger partial charge in [0.1, 0.15) is 17.8 Å². The van der Waals surface area contributed by atoms with Crippen molar-refractivity contribution in [3.05, 3.63) is 34.4 Å². The summed E-state index contributed by atoms with van der Waals surface area (Å²) in [5.41, 5.74) is -4.49. The predicted molar refractivity (Wildman–Crippen MR) is 176 cm³/mol. The summed E-state index contributed by atoms with van der Waals surface area (Å²) in [5, 5.41) is 22.6. The highest BCUT2D eigenvalue weighted by molar-refractivity contribution is 7.89. The molecule has 1 heterocycles. The molecule has 2 aliphatic carbocycles. The number of ether oxygens (including phenoxy) is 4. The Labute approximate surface area is 288 Å². The molecule has 1 spiro atoms. The molecule has 14 nitrogen and oxygen atoms in total. The van der Waals surface area contributed by atoms with E-state index in [2.05, 4.69) is 6.92 Å². The number of nitro benzene ring substituents is 1. The molecule has 2 saturated carbocycles. The summed E-state index contributed by atoms with van der Waals surface area (Å²) in [7, 11) is -3.23. The maximum absolute atomic E-state index is 13.9. The van der Waals surface area contributed by atoms with Crippen molar-refractivity contribution in [1.29, 1.82) is 0 Å². The van der Waals surface area contributed by atoms with Crippen LogP contribution in [0, 0.1) is 38.2 Å². The van der Waals surface area contributed by atoms with Gasteiger partial charge in [-0.2, -0.15) is 0 Å². The van der Waals surface area contributed by atoms with E-state index in [9.17, 15) is 33.2 Å². The molecule has 276 valence electrons. The Morgan fingerprint density at radius 3 is 2.20 bits per heavy atom. The molecular weight excluding hydrogens is 660 g/mol. The van der Waals surface area contributed by atoms with Gasteiger partial charge in [0.15, 0.2) is 18.0 Å². The first-order valence-corrected chi connectivity index (χ1v) is 18.3. The van der Waals surface area contributed by atoms with Gasteiger partial charge in [0.05, 0.1) is 15.8 Å². The lowest BCUT2D eigenvalue weighted by Crippen LogP contribution is -2.62. The smallest absolute Gasteiger partial charge is 0.311 e. The summed E-state index contributed by atoms with van der Waals surface area (Å²) in [6.07, 6.45) is -0.0700. The summed E-state index contributed by atoms with van der Waals surface area (Å²) >= 11 is 0. The molecular formula is C34H52N2O12S. The molecule has 0 aromatic heterocycles. The molecule has 3 aliphatic rings. The van der Waals surface area contributed by atoms with Crippen LogP contribution < -0.4 is 0 Å². The van der Waals surface area contributed by atoms with Gasteiger partial charge in [-0.25, -0.2) is 8.42 Å². The number of hydrogen-bond acceptors (Lipinski definition) is 12. The number of para-hydroxylation sites is 1. The van der Waals surface area contributed by atoms with Crippen LogP contribution in [0.15, 0.2) is 29.2 Å². The van der Waals surface area contributed by atoms with Crippen LogP contribution >= 0.6 is 0 Å². The van der Waals surface area contributed by atoms with Crippen molar-refractivity contribution in [3.8, 4) is 0 Å². The largest absolute Gasteiger partial charge is 0.461 e. The van der Waals surface area contributed by atoms with Gasteiger partial charge < -0.3 is 24.1 Å². The van der Waals surface area contributed by atoms with Crippen LogP contribution in [0.3, 0.4) is 0 Å². The van der Waals surface area contributed by atoms with Crippen LogP contribution in [0.25, 0.3) is 0 Å². The lowest BCUT2D eigenvalue weighted by atomic mass is 9.55. The third-order valence-corrected chi connectivity index (χ3v) is 11.8. The Bertz CT molecular complexity index is 1490. The first kappa shape index (κ1) is 39.1. The molecule has 0 radical (unpaired) electrons. The molecule has 1 aromatic carbocycles. The maximum atomic E-state index is 13.9. The lowest BCUT2D eigenvalue weighted by molar-refractivity contribution is -0.388. The highest BCUT2D eigenvalue weighted by atomic mass is 32.2. The second kappa shape index (κ2) is 14.5. The minimum Gasteiger partial charge on any atom is -0.461 e. The molecule has 1 aromatic rings. The molecule has 15 heteroatoms. The van der Waals surface area contributed by atoms with Gasteiger partial charge in [0, 0.05) is 31.6 Å². The fourth-order valence-electron chi connectivity index (χ4n) is 7.87. The first-order chi connectivity index (χ1) is 22.7. The number of aliphatic hydroxyl groups is 1. The molecule has 7 atom stereocenters. The van der Waals surface area contributed by atoms with Crippen molar-refractivity contribution < 1.29 is 51.8 Å². The first-order valence-electron chi connectivity index (χ1n) is 16.9. The number of rotatable bonds is 12. The molecule has 0 amide bonds. The number of carbonyl (C=O) groups excluding carboxylic acids is 2. The molecule has 1 N–H and O–H groups in total. The van der Waals surface area contributed by atoms with Crippen LogP contribution in [-0.2, 0) is 43.4 Å². The number of hydrogen-bond donors (Lipinski definition) is 1. The number of hydroxylamine groups is 1. The van der Waals surface area contributed by atoms with E-state index in [0.29, 0.717) is 30.2 Å². The lowest BCUT2D eigenvalue weighted by Gasteiger charge is -2.55. The normalized spacial score (nSPS) is 30.4. The summed E-state index contributed by atoms with van der Waals surface area (Å²) < 4.78 is 52.5. The number of aliphatic hydroxyl groups excluding tert-OH is 1. The molecule has 3 fully saturated rings. The minimum absolute atomic E-state index is 0.136. The molecule has 4 rings (SSSR count). The van der Waals surface area contributed by atoms with E-state index >= 15 is 0 Å². The monoisotopic (exact) mass is 712 g/mol.